The van der Waals surface area contributed by atoms with E-state index in [4.69, 9.17) is 0 Å². The normalized spacial score (nSPS) is 10.7. The summed E-state index contributed by atoms with van der Waals surface area (Å²) in [7, 11) is 1.41. The Labute approximate surface area is 155 Å². The second-order valence-electron chi connectivity index (χ2n) is 6.23. The van der Waals surface area contributed by atoms with E-state index in [0.717, 1.165) is 29.0 Å². The van der Waals surface area contributed by atoms with Crippen LogP contribution in [0.3, 0.4) is 0 Å². The van der Waals surface area contributed by atoms with E-state index in [0.29, 0.717) is 11.3 Å². The molecule has 1 aromatic heterocycles. The maximum atomic E-state index is 14.3. The summed E-state index contributed by atoms with van der Waals surface area (Å²) in [5.41, 5.74) is 1.82. The summed E-state index contributed by atoms with van der Waals surface area (Å²) in [6.07, 6.45) is 3.04. The van der Waals surface area contributed by atoms with E-state index >= 15 is 0 Å². The van der Waals surface area contributed by atoms with Crippen LogP contribution in [0, 0.1) is 31.3 Å². The molecule has 0 saturated carbocycles. The Morgan fingerprint density at radius 1 is 1.00 bits per heavy atom. The zero-order valence-corrected chi connectivity index (χ0v) is 15.1. The van der Waals surface area contributed by atoms with Gasteiger partial charge in [0.05, 0.1) is 17.4 Å². The van der Waals surface area contributed by atoms with Gasteiger partial charge in [-0.1, -0.05) is 24.3 Å². The Balaban J connectivity index is 2.09. The highest BCUT2D eigenvalue weighted by molar-refractivity contribution is 6.08. The first-order valence-electron chi connectivity index (χ1n) is 8.25. The highest BCUT2D eigenvalue weighted by Gasteiger charge is 2.25. The van der Waals surface area contributed by atoms with Crippen LogP contribution in [0.25, 0.3) is 11.1 Å². The Morgan fingerprint density at radius 3 is 2.41 bits per heavy atom. The van der Waals surface area contributed by atoms with E-state index in [1.807, 2.05) is 31.2 Å². The van der Waals surface area contributed by atoms with Crippen LogP contribution in [0.4, 0.5) is 18.9 Å². The largest absolute Gasteiger partial charge is 0.309 e. The number of hydrogen-bond acceptors (Lipinski definition) is 2. The molecule has 138 valence electrons. The predicted octanol–water partition coefficient (Wildman–Crippen LogP) is 5.06. The number of carbonyl (C=O) groups is 1. The van der Waals surface area contributed by atoms with E-state index in [9.17, 15) is 18.0 Å². The van der Waals surface area contributed by atoms with Gasteiger partial charge in [0, 0.05) is 24.4 Å². The van der Waals surface area contributed by atoms with Crippen LogP contribution in [0.1, 0.15) is 21.5 Å². The lowest BCUT2D eigenvalue weighted by molar-refractivity contribution is 0.0987. The molecular weight excluding hydrogens is 353 g/mol. The molecule has 1 heterocycles. The fourth-order valence-electron chi connectivity index (χ4n) is 2.89. The molecule has 0 bridgehead atoms. The minimum absolute atomic E-state index is 0.401. The number of anilines is 1. The summed E-state index contributed by atoms with van der Waals surface area (Å²) >= 11 is 0. The first kappa shape index (κ1) is 18.6. The molecular formula is C21H17F3N2O. The molecule has 3 rings (SSSR count). The van der Waals surface area contributed by atoms with Crippen LogP contribution in [0.2, 0.25) is 0 Å². The molecule has 2 aromatic carbocycles. The quantitative estimate of drug-likeness (QED) is 0.604. The van der Waals surface area contributed by atoms with E-state index < -0.39 is 34.5 Å². The molecule has 0 unspecified atom stereocenters. The van der Waals surface area contributed by atoms with Gasteiger partial charge in [0.15, 0.2) is 11.6 Å². The molecule has 6 heteroatoms. The van der Waals surface area contributed by atoms with Crippen molar-refractivity contribution in [1.82, 2.24) is 4.98 Å². The number of halogens is 3. The van der Waals surface area contributed by atoms with Crippen molar-refractivity contribution in [2.45, 2.75) is 13.8 Å². The first-order chi connectivity index (χ1) is 12.8. The molecule has 1 amide bonds. The molecule has 0 N–H and O–H groups in total. The van der Waals surface area contributed by atoms with Crippen molar-refractivity contribution in [2.75, 3.05) is 11.9 Å². The summed E-state index contributed by atoms with van der Waals surface area (Å²) in [4.78, 5) is 17.9. The third-order valence-corrected chi connectivity index (χ3v) is 4.52. The van der Waals surface area contributed by atoms with E-state index in [1.54, 1.807) is 12.3 Å². The van der Waals surface area contributed by atoms with Crippen LogP contribution in [0.5, 0.6) is 0 Å². The molecule has 27 heavy (non-hydrogen) atoms. The van der Waals surface area contributed by atoms with Crippen LogP contribution < -0.4 is 4.90 Å². The molecule has 0 aliphatic carbocycles. The van der Waals surface area contributed by atoms with E-state index in [1.165, 1.54) is 13.2 Å². The molecule has 3 aromatic rings. The third kappa shape index (κ3) is 3.30. The molecule has 0 aliphatic rings. The molecule has 0 spiro atoms. The van der Waals surface area contributed by atoms with Gasteiger partial charge in [-0.15, -0.1) is 0 Å². The smallest absolute Gasteiger partial charge is 0.261 e. The summed E-state index contributed by atoms with van der Waals surface area (Å²) < 4.78 is 42.0. The summed E-state index contributed by atoms with van der Waals surface area (Å²) in [5, 5.41) is 0. The lowest BCUT2D eigenvalue weighted by atomic mass is 9.99. The van der Waals surface area contributed by atoms with Crippen LogP contribution in [0.15, 0.2) is 48.8 Å². The van der Waals surface area contributed by atoms with Crippen molar-refractivity contribution in [2.24, 2.45) is 0 Å². The number of aryl methyl sites for hydroxylation is 1. The van der Waals surface area contributed by atoms with Gasteiger partial charge >= 0.3 is 0 Å². The minimum atomic E-state index is -1.37. The molecule has 0 saturated heterocycles. The standard InChI is InChI=1S/C21H17F3N2O/c1-12-6-4-5-7-14(12)15-8-9-25-11-18(15)26(3)21(27)16-10-17(22)13(2)19(23)20(16)24/h4-11H,1-3H3. The Kier molecular flexibility index (Phi) is 4.99. The molecule has 0 aliphatic heterocycles. The second kappa shape index (κ2) is 7.23. The number of pyridine rings is 1. The monoisotopic (exact) mass is 370 g/mol. The van der Waals surface area contributed by atoms with Gasteiger partial charge in [0.1, 0.15) is 5.82 Å². The summed E-state index contributed by atoms with van der Waals surface area (Å²) in [6.45, 7) is 3.04. The Hall–Kier alpha value is -3.15. The Bertz CT molecular complexity index is 1030. The fraction of sp³-hybridized carbons (Fsp3) is 0.143. The van der Waals surface area contributed by atoms with Gasteiger partial charge < -0.3 is 4.90 Å². The van der Waals surface area contributed by atoms with Crippen molar-refractivity contribution in [3.63, 3.8) is 0 Å². The highest BCUT2D eigenvalue weighted by atomic mass is 19.2. The molecule has 3 nitrogen and oxygen atoms in total. The van der Waals surface area contributed by atoms with Crippen molar-refractivity contribution in [1.29, 1.82) is 0 Å². The summed E-state index contributed by atoms with van der Waals surface area (Å²) in [6, 6.07) is 10.0. The van der Waals surface area contributed by atoms with Crippen molar-refractivity contribution in [3.05, 3.63) is 82.9 Å². The lowest BCUT2D eigenvalue weighted by Crippen LogP contribution is -2.28. The number of carbonyl (C=O) groups excluding carboxylic acids is 1. The van der Waals surface area contributed by atoms with Gasteiger partial charge in [0.2, 0.25) is 0 Å². The van der Waals surface area contributed by atoms with Crippen LogP contribution in [-0.4, -0.2) is 17.9 Å². The summed E-state index contributed by atoms with van der Waals surface area (Å²) in [5.74, 6) is -4.58. The van der Waals surface area contributed by atoms with E-state index in [2.05, 4.69) is 4.98 Å². The molecule has 0 atom stereocenters. The van der Waals surface area contributed by atoms with Gasteiger partial charge in [0.25, 0.3) is 5.91 Å². The van der Waals surface area contributed by atoms with Gasteiger partial charge in [-0.25, -0.2) is 13.2 Å². The topological polar surface area (TPSA) is 33.2 Å². The van der Waals surface area contributed by atoms with Gasteiger partial charge in [-0.3, -0.25) is 9.78 Å². The van der Waals surface area contributed by atoms with Crippen molar-refractivity contribution in [3.8, 4) is 11.1 Å². The van der Waals surface area contributed by atoms with Gasteiger partial charge in [-0.05, 0) is 37.1 Å². The van der Waals surface area contributed by atoms with Crippen LogP contribution >= 0.6 is 0 Å². The average Bonchev–Trinajstić information content (AvgIpc) is 2.68. The van der Waals surface area contributed by atoms with Gasteiger partial charge in [-0.2, -0.15) is 0 Å². The Morgan fingerprint density at radius 2 is 1.70 bits per heavy atom. The maximum Gasteiger partial charge on any atom is 0.261 e. The maximum absolute atomic E-state index is 14.3. The van der Waals surface area contributed by atoms with E-state index in [-0.39, 0.29) is 0 Å². The number of hydrogen-bond donors (Lipinski definition) is 0. The first-order valence-corrected chi connectivity index (χ1v) is 8.25. The lowest BCUT2D eigenvalue weighted by Gasteiger charge is -2.21. The zero-order valence-electron chi connectivity index (χ0n) is 15.1. The number of nitrogens with zero attached hydrogens (tertiary/aromatic N) is 2. The minimum Gasteiger partial charge on any atom is -0.309 e. The molecule has 0 radical (unpaired) electrons. The highest BCUT2D eigenvalue weighted by Crippen LogP contribution is 2.32. The predicted molar refractivity (Wildman–Crippen MR) is 98.2 cm³/mol. The third-order valence-electron chi connectivity index (χ3n) is 4.52. The number of rotatable bonds is 3. The zero-order chi connectivity index (χ0) is 19.7. The van der Waals surface area contributed by atoms with Crippen molar-refractivity contribution < 1.29 is 18.0 Å². The number of benzene rings is 2. The second-order valence-corrected chi connectivity index (χ2v) is 6.23. The SMILES string of the molecule is Cc1ccccc1-c1ccncc1N(C)C(=O)c1cc(F)c(C)c(F)c1F. The average molecular weight is 370 g/mol. The number of aromatic nitrogens is 1. The number of amides is 1. The fourth-order valence-corrected chi connectivity index (χ4v) is 2.89. The van der Waals surface area contributed by atoms with Crippen LogP contribution in [-0.2, 0) is 0 Å². The molecule has 0 fully saturated rings. The van der Waals surface area contributed by atoms with Crippen molar-refractivity contribution >= 4 is 11.6 Å².